The van der Waals surface area contributed by atoms with Crippen molar-refractivity contribution in [3.63, 3.8) is 0 Å². The Morgan fingerprint density at radius 1 is 1.16 bits per heavy atom. The maximum absolute atomic E-state index is 12.3. The number of carbonyl (C=O) groups excluding carboxylic acids is 1. The number of nitrogens with zero attached hydrogens (tertiary/aromatic N) is 2. The summed E-state index contributed by atoms with van der Waals surface area (Å²) in [6, 6.07) is 7.00. The highest BCUT2D eigenvalue weighted by Gasteiger charge is 2.31. The van der Waals surface area contributed by atoms with Gasteiger partial charge in [0.25, 0.3) is 0 Å². The minimum Gasteiger partial charge on any atom is -0.497 e. The zero-order valence-electron chi connectivity index (χ0n) is 20.3. The molecule has 0 radical (unpaired) electrons. The highest BCUT2D eigenvalue weighted by atomic mass is 16.5. The van der Waals surface area contributed by atoms with E-state index < -0.39 is 0 Å². The van der Waals surface area contributed by atoms with Crippen LogP contribution in [0.3, 0.4) is 0 Å². The summed E-state index contributed by atoms with van der Waals surface area (Å²) in [5.74, 6) is 2.19. The van der Waals surface area contributed by atoms with E-state index in [-0.39, 0.29) is 5.91 Å². The van der Waals surface area contributed by atoms with Crippen molar-refractivity contribution in [3.8, 4) is 11.5 Å². The van der Waals surface area contributed by atoms with Crippen molar-refractivity contribution in [2.24, 2.45) is 5.92 Å². The quantitative estimate of drug-likeness (QED) is 0.588. The van der Waals surface area contributed by atoms with Crippen LogP contribution in [0.2, 0.25) is 0 Å². The first-order valence-electron chi connectivity index (χ1n) is 12.1. The molecule has 32 heavy (non-hydrogen) atoms. The fourth-order valence-electron chi connectivity index (χ4n) is 5.25. The summed E-state index contributed by atoms with van der Waals surface area (Å²) in [6.07, 6.45) is 11.3. The first-order chi connectivity index (χ1) is 15.5. The van der Waals surface area contributed by atoms with Crippen LogP contribution >= 0.6 is 0 Å². The van der Waals surface area contributed by atoms with Crippen molar-refractivity contribution in [1.29, 1.82) is 0 Å². The van der Waals surface area contributed by atoms with Gasteiger partial charge in [-0.25, -0.2) is 0 Å². The molecule has 6 nitrogen and oxygen atoms in total. The molecule has 0 unspecified atom stereocenters. The van der Waals surface area contributed by atoms with Gasteiger partial charge in [0.05, 0.1) is 14.2 Å². The summed E-state index contributed by atoms with van der Waals surface area (Å²) < 4.78 is 10.6. The number of likely N-dealkylation sites (tertiary alicyclic amines) is 1. The van der Waals surface area contributed by atoms with Crippen molar-refractivity contribution in [2.45, 2.75) is 57.5 Å². The largest absolute Gasteiger partial charge is 0.497 e. The van der Waals surface area contributed by atoms with Crippen LogP contribution in [-0.2, 0) is 4.79 Å². The molecule has 1 N–H and O–H groups in total. The third-order valence-electron chi connectivity index (χ3n) is 7.30. The van der Waals surface area contributed by atoms with Gasteiger partial charge >= 0.3 is 0 Å². The van der Waals surface area contributed by atoms with Gasteiger partial charge < -0.3 is 24.6 Å². The van der Waals surface area contributed by atoms with Gasteiger partial charge in [0, 0.05) is 36.8 Å². The summed E-state index contributed by atoms with van der Waals surface area (Å²) in [7, 11) is 5.59. The predicted molar refractivity (Wildman–Crippen MR) is 130 cm³/mol. The summed E-state index contributed by atoms with van der Waals surface area (Å²) >= 11 is 0. The first-order valence-corrected chi connectivity index (χ1v) is 12.1. The average Bonchev–Trinajstić information content (AvgIpc) is 2.83. The van der Waals surface area contributed by atoms with Gasteiger partial charge in [0.2, 0.25) is 5.91 Å². The number of amides is 1. The number of rotatable bonds is 9. The van der Waals surface area contributed by atoms with E-state index in [1.165, 1.54) is 38.5 Å². The van der Waals surface area contributed by atoms with Crippen LogP contribution in [0.1, 0.15) is 51.0 Å². The van der Waals surface area contributed by atoms with Crippen molar-refractivity contribution in [1.82, 2.24) is 15.1 Å². The number of ether oxygens (including phenoxy) is 2. The Bertz CT molecular complexity index is 759. The number of piperidine rings is 1. The lowest BCUT2D eigenvalue weighted by Gasteiger charge is -2.44. The summed E-state index contributed by atoms with van der Waals surface area (Å²) in [5.41, 5.74) is 0.820. The molecule has 2 fully saturated rings. The molecule has 1 heterocycles. The zero-order chi connectivity index (χ0) is 22.9. The molecule has 2 atom stereocenters. The Kier molecular flexibility index (Phi) is 9.42. The number of carbonyl (C=O) groups is 1. The second-order valence-corrected chi connectivity index (χ2v) is 9.30. The van der Waals surface area contributed by atoms with Gasteiger partial charge in [-0.05, 0) is 76.0 Å². The molecule has 178 valence electrons. The Labute approximate surface area is 193 Å². The van der Waals surface area contributed by atoms with E-state index in [1.807, 2.05) is 18.2 Å². The number of hydrogen-bond donors (Lipinski definition) is 1. The van der Waals surface area contributed by atoms with Crippen LogP contribution in [0.5, 0.6) is 11.5 Å². The smallest absolute Gasteiger partial charge is 0.244 e. The van der Waals surface area contributed by atoms with Crippen LogP contribution in [0.25, 0.3) is 6.08 Å². The number of nitrogens with one attached hydrogen (secondary N) is 1. The van der Waals surface area contributed by atoms with E-state index in [1.54, 1.807) is 26.4 Å². The normalized spacial score (nSPS) is 22.9. The van der Waals surface area contributed by atoms with Crippen molar-refractivity contribution in [3.05, 3.63) is 29.8 Å². The molecule has 3 rings (SSSR count). The molecule has 1 amide bonds. The SMILES string of the molecule is COc1ccc(OC)c(/C=C/C(=O)NCCN2CCC(N(C)[C@@H]3CCCC[C@H]3C)CC2)c1. The van der Waals surface area contributed by atoms with E-state index in [4.69, 9.17) is 9.47 Å². The van der Waals surface area contributed by atoms with Crippen LogP contribution in [-0.4, -0.2) is 75.2 Å². The van der Waals surface area contributed by atoms with Crippen LogP contribution in [0.15, 0.2) is 24.3 Å². The van der Waals surface area contributed by atoms with Crippen molar-refractivity contribution in [2.75, 3.05) is 47.4 Å². The third kappa shape index (κ3) is 6.72. The van der Waals surface area contributed by atoms with E-state index in [9.17, 15) is 4.79 Å². The average molecular weight is 444 g/mol. The molecule has 2 aliphatic rings. The summed E-state index contributed by atoms with van der Waals surface area (Å²) in [5, 5.41) is 3.01. The van der Waals surface area contributed by atoms with E-state index in [0.717, 1.165) is 42.9 Å². The van der Waals surface area contributed by atoms with Gasteiger partial charge in [-0.3, -0.25) is 4.79 Å². The Morgan fingerprint density at radius 2 is 1.91 bits per heavy atom. The molecule has 6 heteroatoms. The second kappa shape index (κ2) is 12.3. The standard InChI is InChI=1S/C26H41N3O3/c1-20-7-5-6-8-24(20)28(2)22-13-16-29(17-14-22)18-15-27-26(30)12-9-21-19-23(31-3)10-11-25(21)32-4/h9-12,19-20,22,24H,5-8,13-18H2,1-4H3,(H,27,30)/b12-9+/t20-,24-/m1/s1. The lowest BCUT2D eigenvalue weighted by atomic mass is 9.84. The third-order valence-corrected chi connectivity index (χ3v) is 7.30. The van der Waals surface area contributed by atoms with Crippen molar-refractivity contribution < 1.29 is 14.3 Å². The number of benzene rings is 1. The Balaban J connectivity index is 1.38. The maximum atomic E-state index is 12.3. The second-order valence-electron chi connectivity index (χ2n) is 9.30. The fraction of sp³-hybridized carbons (Fsp3) is 0.654. The molecule has 1 aromatic carbocycles. The molecule has 1 saturated heterocycles. The molecular formula is C26H41N3O3. The van der Waals surface area contributed by atoms with Gasteiger partial charge in [-0.2, -0.15) is 0 Å². The van der Waals surface area contributed by atoms with Crippen LogP contribution < -0.4 is 14.8 Å². The van der Waals surface area contributed by atoms with E-state index in [0.29, 0.717) is 18.3 Å². The van der Waals surface area contributed by atoms with Gasteiger partial charge in [-0.15, -0.1) is 0 Å². The van der Waals surface area contributed by atoms with Crippen molar-refractivity contribution >= 4 is 12.0 Å². The molecule has 1 saturated carbocycles. The molecule has 1 aromatic rings. The number of methoxy groups -OCH3 is 2. The summed E-state index contributed by atoms with van der Waals surface area (Å²) in [4.78, 5) is 17.4. The maximum Gasteiger partial charge on any atom is 0.244 e. The molecular weight excluding hydrogens is 402 g/mol. The minimum absolute atomic E-state index is 0.0872. The van der Waals surface area contributed by atoms with E-state index >= 15 is 0 Å². The highest BCUT2D eigenvalue weighted by Crippen LogP contribution is 2.30. The number of hydrogen-bond acceptors (Lipinski definition) is 5. The van der Waals surface area contributed by atoms with Gasteiger partial charge in [0.15, 0.2) is 0 Å². The summed E-state index contributed by atoms with van der Waals surface area (Å²) in [6.45, 7) is 6.22. The molecule has 0 bridgehead atoms. The monoisotopic (exact) mass is 443 g/mol. The zero-order valence-corrected chi connectivity index (χ0v) is 20.3. The van der Waals surface area contributed by atoms with Gasteiger partial charge in [0.1, 0.15) is 11.5 Å². The first kappa shape index (κ1) is 24.6. The van der Waals surface area contributed by atoms with E-state index in [2.05, 4.69) is 29.1 Å². The lowest BCUT2D eigenvalue weighted by Crippen LogP contribution is -2.50. The van der Waals surface area contributed by atoms with Gasteiger partial charge in [-0.1, -0.05) is 19.8 Å². The molecule has 1 aliphatic heterocycles. The minimum atomic E-state index is -0.0872. The van der Waals surface area contributed by atoms with Crippen LogP contribution in [0, 0.1) is 5.92 Å². The topological polar surface area (TPSA) is 54.0 Å². The Hall–Kier alpha value is -2.05. The molecule has 0 aromatic heterocycles. The lowest BCUT2D eigenvalue weighted by molar-refractivity contribution is -0.116. The van der Waals surface area contributed by atoms with Crippen LogP contribution in [0.4, 0.5) is 0 Å². The predicted octanol–water partition coefficient (Wildman–Crippen LogP) is 3.81. The highest BCUT2D eigenvalue weighted by molar-refractivity contribution is 5.92. The Morgan fingerprint density at radius 3 is 2.59 bits per heavy atom. The fourth-order valence-corrected chi connectivity index (χ4v) is 5.25. The molecule has 0 spiro atoms. The molecule has 1 aliphatic carbocycles.